The van der Waals surface area contributed by atoms with Crippen molar-refractivity contribution in [2.75, 3.05) is 26.4 Å². The maximum absolute atomic E-state index is 7.83. The van der Waals surface area contributed by atoms with Crippen LogP contribution in [0.3, 0.4) is 0 Å². The van der Waals surface area contributed by atoms with Crippen LogP contribution in [0.15, 0.2) is 303 Å². The maximum atomic E-state index is 7.83. The summed E-state index contributed by atoms with van der Waals surface area (Å²) in [6, 6.07) is 101. The molecule has 10 aromatic rings. The van der Waals surface area contributed by atoms with Gasteiger partial charge < -0.3 is 85.3 Å². The molecule has 8 heterocycles. The van der Waals surface area contributed by atoms with Gasteiger partial charge in [0, 0.05) is 12.8 Å². The zero-order valence-corrected chi connectivity index (χ0v) is 62.9. The zero-order valence-electron chi connectivity index (χ0n) is 62.9. The van der Waals surface area contributed by atoms with Crippen molar-refractivity contribution in [2.45, 2.75) is 190 Å². The highest BCUT2D eigenvalue weighted by atomic mass is 16.8. The fourth-order valence-electron chi connectivity index (χ4n) is 15.0. The average molecular weight is 1520 g/mol. The molecule has 8 aliphatic heterocycles. The first-order chi connectivity index (χ1) is 55.5. The van der Waals surface area contributed by atoms with Gasteiger partial charge in [0.1, 0.15) is 73.2 Å². The molecule has 0 N–H and O–H groups in total. The zero-order chi connectivity index (χ0) is 75.6. The topological polar surface area (TPSA) is 166 Å². The lowest BCUT2D eigenvalue weighted by Gasteiger charge is -2.52. The van der Waals surface area contributed by atoms with Gasteiger partial charge in [-0.1, -0.05) is 303 Å². The molecule has 0 saturated carbocycles. The average Bonchev–Trinajstić information content (AvgIpc) is 0.763. The Hall–Kier alpha value is -8.52. The van der Waals surface area contributed by atoms with Crippen LogP contribution in [0.2, 0.25) is 0 Å². The van der Waals surface area contributed by atoms with Gasteiger partial charge in [-0.15, -0.1) is 0 Å². The summed E-state index contributed by atoms with van der Waals surface area (Å²) in [6.45, 7) is 2.01. The molecule has 18 atom stereocenters. The Labute approximate surface area is 656 Å². The van der Waals surface area contributed by atoms with Crippen molar-refractivity contribution in [2.24, 2.45) is 0 Å². The summed E-state index contributed by atoms with van der Waals surface area (Å²) in [6.07, 6.45) is -17.5. The van der Waals surface area contributed by atoms with Crippen molar-refractivity contribution in [3.8, 4) is 0 Å². The van der Waals surface area contributed by atoms with Gasteiger partial charge in [0.15, 0.2) is 25.2 Å². The van der Waals surface area contributed by atoms with Crippen LogP contribution < -0.4 is 0 Å². The van der Waals surface area contributed by atoms with Crippen LogP contribution in [0.5, 0.6) is 0 Å². The van der Waals surface area contributed by atoms with E-state index in [1.807, 2.05) is 303 Å². The molecule has 8 fully saturated rings. The third-order valence-electron chi connectivity index (χ3n) is 20.7. The van der Waals surface area contributed by atoms with Gasteiger partial charge >= 0.3 is 0 Å². The lowest BCUT2D eigenvalue weighted by Crippen LogP contribution is -2.67. The van der Waals surface area contributed by atoms with Crippen molar-refractivity contribution in [1.29, 1.82) is 0 Å². The minimum absolute atomic E-state index is 0.00911. The smallest absolute Gasteiger partial charge is 0.187 e. The SMILES string of the molecule is c1ccc(COCC2OC3CC(OCc4ccccc4)C2OC2OC(COCc4ccccc4)C(OC4CC(OCc5ccccc5)C(OC5OC(COCc6ccccc6)C(O3)C(OCc3ccccc3)C5OCc3ccccc3)C(COCc3ccccc3)O4)C(OCc3ccccc3)C2OCc2ccccc2)cc1. The second kappa shape index (κ2) is 41.5. The van der Waals surface area contributed by atoms with Crippen LogP contribution >= 0.6 is 0 Å². The Morgan fingerprint density at radius 1 is 0.196 bits per heavy atom. The van der Waals surface area contributed by atoms with E-state index in [1.54, 1.807) is 0 Å². The van der Waals surface area contributed by atoms with E-state index < -0.39 is 111 Å². The van der Waals surface area contributed by atoms with Crippen LogP contribution in [-0.2, 0) is 151 Å². The van der Waals surface area contributed by atoms with Crippen LogP contribution in [-0.4, -0.2) is 137 Å². The highest BCUT2D eigenvalue weighted by molar-refractivity contribution is 5.21. The number of hydrogen-bond acceptors (Lipinski definition) is 18. The van der Waals surface area contributed by atoms with Gasteiger partial charge in [-0.25, -0.2) is 0 Å². The Kier molecular flexibility index (Phi) is 29.2. The van der Waals surface area contributed by atoms with Crippen molar-refractivity contribution < 1.29 is 85.3 Å². The fourth-order valence-corrected chi connectivity index (χ4v) is 15.0. The third kappa shape index (κ3) is 22.5. The maximum Gasteiger partial charge on any atom is 0.187 e. The first kappa shape index (κ1) is 78.7. The normalized spacial score (nSPS) is 27.2. The quantitative estimate of drug-likeness (QED) is 0.0373. The van der Waals surface area contributed by atoms with Crippen LogP contribution in [0.25, 0.3) is 0 Å². The molecule has 0 aromatic heterocycles. The van der Waals surface area contributed by atoms with E-state index in [0.717, 1.165) is 55.6 Å². The molecule has 584 valence electrons. The predicted molar refractivity (Wildman–Crippen MR) is 418 cm³/mol. The van der Waals surface area contributed by atoms with Crippen LogP contribution in [0.1, 0.15) is 68.5 Å². The highest BCUT2D eigenvalue weighted by Crippen LogP contribution is 2.42. The molecule has 18 rings (SSSR count). The van der Waals surface area contributed by atoms with Gasteiger partial charge in [0.05, 0.1) is 105 Å². The Morgan fingerprint density at radius 2 is 0.402 bits per heavy atom. The minimum Gasteiger partial charge on any atom is -0.374 e. The third-order valence-corrected chi connectivity index (χ3v) is 20.7. The van der Waals surface area contributed by atoms with Crippen molar-refractivity contribution in [3.63, 3.8) is 0 Å². The van der Waals surface area contributed by atoms with E-state index in [-0.39, 0.29) is 105 Å². The van der Waals surface area contributed by atoms with Crippen LogP contribution in [0, 0.1) is 0 Å². The lowest BCUT2D eigenvalue weighted by molar-refractivity contribution is -0.399. The molecule has 112 heavy (non-hydrogen) atoms. The van der Waals surface area contributed by atoms with E-state index in [9.17, 15) is 0 Å². The first-order valence-corrected chi connectivity index (χ1v) is 39.1. The van der Waals surface area contributed by atoms with E-state index in [1.165, 1.54) is 0 Å². The highest BCUT2D eigenvalue weighted by Gasteiger charge is 2.57. The first-order valence-electron chi connectivity index (χ1n) is 39.1. The van der Waals surface area contributed by atoms with Gasteiger partial charge in [0.2, 0.25) is 0 Å². The molecule has 8 saturated heterocycles. The molecule has 18 nitrogen and oxygen atoms in total. The van der Waals surface area contributed by atoms with Crippen molar-refractivity contribution in [3.05, 3.63) is 359 Å². The molecule has 10 aromatic carbocycles. The molecule has 18 heteroatoms. The van der Waals surface area contributed by atoms with Crippen LogP contribution in [0.4, 0.5) is 0 Å². The second-order valence-corrected chi connectivity index (χ2v) is 28.9. The molecule has 0 aliphatic carbocycles. The standard InChI is InChI=1S/C94H100O18/c1-11-31-67(32-12-1)53-95-63-79-85-77(99-57-71-39-19-5-20-40-71)51-83(105-79)109-87-81(65-97-55-69-35-15-3-16-36-69)108-94(92(104-62-76-49-29-10-30-50-76)89(87)101-59-73-43-23-7-24-44-73)112-86-78(100-58-72-41-21-6-22-42-72)52-84(106-80(86)64-96-54-68-33-13-2-14-34-68)110-88-82(66-98-56-70-37-17-4-18-38-70)107-93(111-85)91(103-61-75-47-27-9-28-48-75)90(88)102-60-74-45-25-8-26-46-74/h1-50,77-94H,51-66H2. The number of benzene rings is 10. The van der Waals surface area contributed by atoms with Gasteiger partial charge in [0.25, 0.3) is 0 Å². The summed E-state index contributed by atoms with van der Waals surface area (Å²) in [7, 11) is 0. The molecule has 8 bridgehead atoms. The molecular formula is C94H100O18. The fraction of sp³-hybridized carbons (Fsp3) is 0.362. The van der Waals surface area contributed by atoms with Crippen molar-refractivity contribution in [1.82, 2.24) is 0 Å². The summed E-state index contributed by atoms with van der Waals surface area (Å²) in [4.78, 5) is 0. The molecule has 0 spiro atoms. The molecule has 0 radical (unpaired) electrons. The van der Waals surface area contributed by atoms with Gasteiger partial charge in [-0.3, -0.25) is 0 Å². The Bertz CT molecular complexity index is 3980. The summed E-state index contributed by atoms with van der Waals surface area (Å²) in [5.41, 5.74) is 9.40. The molecular weight excluding hydrogens is 1420 g/mol. The minimum atomic E-state index is -1.23. The molecule has 0 amide bonds. The van der Waals surface area contributed by atoms with Gasteiger partial charge in [-0.2, -0.15) is 0 Å². The van der Waals surface area contributed by atoms with Gasteiger partial charge in [-0.05, 0) is 55.6 Å². The largest absolute Gasteiger partial charge is 0.374 e. The Morgan fingerprint density at radius 3 is 0.643 bits per heavy atom. The lowest BCUT2D eigenvalue weighted by atomic mass is 9.95. The number of rotatable bonds is 34. The van der Waals surface area contributed by atoms with E-state index in [2.05, 4.69) is 0 Å². The summed E-state index contributed by atoms with van der Waals surface area (Å²) < 4.78 is 133. The summed E-state index contributed by atoms with van der Waals surface area (Å²) >= 11 is 0. The Balaban J connectivity index is 0.899. The second-order valence-electron chi connectivity index (χ2n) is 28.9. The van der Waals surface area contributed by atoms with E-state index in [0.29, 0.717) is 0 Å². The van der Waals surface area contributed by atoms with E-state index >= 15 is 0 Å². The predicted octanol–water partition coefficient (Wildman–Crippen LogP) is 15.6. The molecule has 18 unspecified atom stereocenters. The monoisotopic (exact) mass is 1520 g/mol. The van der Waals surface area contributed by atoms with Crippen molar-refractivity contribution >= 4 is 0 Å². The van der Waals surface area contributed by atoms with E-state index in [4.69, 9.17) is 85.3 Å². The summed E-state index contributed by atoms with van der Waals surface area (Å²) in [5.74, 6) is 0. The molecule has 8 aliphatic rings. The number of hydrogen-bond donors (Lipinski definition) is 0. The summed E-state index contributed by atoms with van der Waals surface area (Å²) in [5, 5.41) is 0. The number of ether oxygens (including phenoxy) is 18.